The van der Waals surface area contributed by atoms with Crippen LogP contribution in [-0.2, 0) is 37.9 Å². The summed E-state index contributed by atoms with van der Waals surface area (Å²) in [4.78, 5) is 2.44. The molecule has 8 saturated heterocycles. The summed E-state index contributed by atoms with van der Waals surface area (Å²) < 4.78 is 39.6. The smallest absolute Gasteiger partial charge is 0.381 e. The van der Waals surface area contributed by atoms with Crippen LogP contribution in [0, 0.1) is 0 Å². The van der Waals surface area contributed by atoms with E-state index >= 15 is 0 Å². The molecule has 77 heavy (non-hydrogen) atoms. The van der Waals surface area contributed by atoms with E-state index in [9.17, 15) is 0 Å². The molecule has 8 nitrogen and oxygen atoms in total. The molecule has 0 aromatic heterocycles. The van der Waals surface area contributed by atoms with Crippen LogP contribution in [0.25, 0.3) is 0 Å². The number of hydrogen-bond acceptors (Lipinski definition) is 8. The topological polar surface area (TPSA) is 73.8 Å². The SMILES string of the molecule is C1CCOC1.C1CCOC1.C1CCOC1.C1CCOC1.C1CCOC1.C1CCOC1.C1CCOC1.C1CCOC1.[BH3-][P+]([BH3-])(c1ccccc1)C([Si](C)(C)C)[Si](C)(C)C.[BH3-][P+]([BH3-])(c1ccccc1)C([Si](C)(C)C)[Si](C)(C)C.[Mg+2]. The molecule has 8 aliphatic rings. The number of hydrogen-bond donors (Lipinski definition) is 0. The van der Waals surface area contributed by atoms with Crippen LogP contribution >= 0.6 is 14.0 Å². The van der Waals surface area contributed by atoms with Crippen LogP contribution in [0.4, 0.5) is 0 Å². The summed E-state index contributed by atoms with van der Waals surface area (Å²) in [5.74, 6) is 0. The maximum Gasteiger partial charge on any atom is 2.00 e. The minimum Gasteiger partial charge on any atom is -0.381 e. The molecule has 0 saturated carbocycles. The van der Waals surface area contributed by atoms with E-state index in [4.69, 9.17) is 37.9 Å². The second kappa shape index (κ2) is 45.3. The van der Waals surface area contributed by atoms with E-state index < -0.39 is 46.3 Å². The summed E-state index contributed by atoms with van der Waals surface area (Å²) in [6.45, 7) is 47.8. The quantitative estimate of drug-likeness (QED) is 0.191. The Balaban J connectivity index is 0.000000886. The zero-order valence-corrected chi connectivity index (χ0v) is 56.6. The number of benzene rings is 2. The molecule has 0 bridgehead atoms. The van der Waals surface area contributed by atoms with Crippen LogP contribution in [0.2, 0.25) is 78.6 Å². The summed E-state index contributed by atoms with van der Waals surface area (Å²) in [7, 11) is -3.05. The Kier molecular flexibility index (Phi) is 45.8. The minimum absolute atomic E-state index is 0. The molecule has 444 valence electrons. The van der Waals surface area contributed by atoms with Crippen LogP contribution in [0.15, 0.2) is 60.7 Å². The Bertz CT molecular complexity index is 1330. The van der Waals surface area contributed by atoms with Crippen LogP contribution in [0.5, 0.6) is 0 Å². The maximum atomic E-state index is 4.94. The van der Waals surface area contributed by atoms with E-state index in [1.807, 2.05) is 10.6 Å². The predicted octanol–water partition coefficient (Wildman–Crippen LogP) is 10.0. The Labute approximate surface area is 502 Å². The molecule has 2 aromatic rings. The molecule has 0 radical (unpaired) electrons. The Morgan fingerprint density at radius 1 is 0.273 bits per heavy atom. The molecule has 0 amide bonds. The monoisotopic (exact) mass is 1190 g/mol. The van der Waals surface area contributed by atoms with Gasteiger partial charge in [-0.2, -0.15) is 0 Å². The van der Waals surface area contributed by atoms with Gasteiger partial charge in [0.2, 0.25) is 0 Å². The molecule has 8 aliphatic heterocycles. The fraction of sp³-hybridized carbons (Fsp3) is 0.793. The van der Waals surface area contributed by atoms with Gasteiger partial charge >= 0.3 is 23.1 Å². The van der Waals surface area contributed by atoms with Gasteiger partial charge in [0.05, 0.1) is 62.6 Å². The van der Waals surface area contributed by atoms with E-state index in [0.29, 0.717) is 30.3 Å². The summed E-state index contributed by atoms with van der Waals surface area (Å²) >= 11 is 0. The predicted molar refractivity (Wildman–Crippen MR) is 373 cm³/mol. The summed E-state index contributed by atoms with van der Waals surface area (Å²) in [5, 5.41) is 3.69. The standard InChI is InChI=1S/2C13H30B2PSi2.8C4H8O.Mg/c2*1-17(2,3)13(18(4,5)6)16(14,15)12-10-8-7-9-11-12;8*1-2-4-5-3-1;/h2*7-11,13H,1-6,14-15H3;8*1-4H2;/q2*-1;;;;;;;;;+2. The van der Waals surface area contributed by atoms with Gasteiger partial charge in [-0.25, -0.2) is 0 Å². The van der Waals surface area contributed by atoms with Crippen molar-refractivity contribution in [1.29, 1.82) is 0 Å². The fourth-order valence-electron chi connectivity index (χ4n) is 8.78. The summed E-state index contributed by atoms with van der Waals surface area (Å²) in [6, 6.07) is 23.5. The summed E-state index contributed by atoms with van der Waals surface area (Å²) in [6.07, 6.45) is 20.4. The van der Waals surface area contributed by atoms with E-state index in [0.717, 1.165) is 106 Å². The van der Waals surface area contributed by atoms with E-state index in [2.05, 4.69) is 139 Å². The first kappa shape index (κ1) is 77.9. The average Bonchev–Trinajstić information content (AvgIpc) is 4.23. The molecule has 0 atom stereocenters. The molecule has 0 unspecified atom stereocenters. The van der Waals surface area contributed by atoms with Gasteiger partial charge in [-0.15, -0.1) is 0 Å². The zero-order chi connectivity index (χ0) is 56.7. The molecule has 0 spiro atoms. The first-order chi connectivity index (χ1) is 35.9. The van der Waals surface area contributed by atoms with Crippen molar-refractivity contribution in [3.05, 3.63) is 60.7 Å². The van der Waals surface area contributed by atoms with Crippen molar-refractivity contribution in [1.82, 2.24) is 0 Å². The van der Waals surface area contributed by atoms with Crippen molar-refractivity contribution in [3.63, 3.8) is 0 Å². The Hall–Kier alpha value is 0.874. The first-order valence-corrected chi connectivity index (χ1v) is 44.8. The average molecular weight is 1190 g/mol. The van der Waals surface area contributed by atoms with Gasteiger partial charge in [0, 0.05) is 116 Å². The number of ether oxygens (including phenoxy) is 8. The van der Waals surface area contributed by atoms with Gasteiger partial charge in [-0.3, -0.25) is 0 Å². The van der Waals surface area contributed by atoms with Gasteiger partial charge < -0.3 is 51.9 Å². The molecule has 19 heteroatoms. The van der Waals surface area contributed by atoms with Crippen molar-refractivity contribution in [2.45, 2.75) is 191 Å². The van der Waals surface area contributed by atoms with E-state index in [-0.39, 0.29) is 23.1 Å². The van der Waals surface area contributed by atoms with Gasteiger partial charge in [-0.05, 0) is 137 Å². The molecule has 0 N–H and O–H groups in total. The Morgan fingerprint density at radius 3 is 0.494 bits per heavy atom. The largest absolute Gasteiger partial charge is 2.00 e. The normalized spacial score (nSPS) is 19.0. The molecule has 8 fully saturated rings. The second-order valence-corrected chi connectivity index (χ2v) is 50.7. The van der Waals surface area contributed by atoms with Crippen molar-refractivity contribution in [2.24, 2.45) is 0 Å². The third kappa shape index (κ3) is 39.2. The van der Waals surface area contributed by atoms with Crippen LogP contribution in [0.3, 0.4) is 0 Å². The van der Waals surface area contributed by atoms with Crippen molar-refractivity contribution >= 4 is 110 Å². The Morgan fingerprint density at radius 2 is 0.403 bits per heavy atom. The van der Waals surface area contributed by atoms with Gasteiger partial charge in [0.25, 0.3) is 0 Å². The van der Waals surface area contributed by atoms with Crippen molar-refractivity contribution < 1.29 is 37.9 Å². The van der Waals surface area contributed by atoms with Gasteiger partial charge in [-0.1, -0.05) is 115 Å². The molecule has 2 aromatic carbocycles. The third-order valence-electron chi connectivity index (χ3n) is 12.0. The molecule has 0 aliphatic carbocycles. The maximum absolute atomic E-state index is 4.94. The minimum atomic E-state index is -1.00. The zero-order valence-electron chi connectivity index (χ0n) is 49.4. The fourth-order valence-corrected chi connectivity index (χ4v) is 38.8. The van der Waals surface area contributed by atoms with E-state index in [1.54, 1.807) is 0 Å². The van der Waals surface area contributed by atoms with E-state index in [1.165, 1.54) is 113 Å². The molecular weight excluding hydrogens is 1070 g/mol. The molecular formula is C58H124B4MgO8P2Si4. The summed E-state index contributed by atoms with van der Waals surface area (Å²) in [5.41, 5.74) is 0. The number of rotatable bonds is 8. The van der Waals surface area contributed by atoms with Crippen LogP contribution in [-0.4, -0.2) is 201 Å². The van der Waals surface area contributed by atoms with Crippen molar-refractivity contribution in [3.8, 4) is 0 Å². The van der Waals surface area contributed by atoms with Gasteiger partial charge in [0.15, 0.2) is 0 Å². The third-order valence-corrected chi connectivity index (χ3v) is 41.5. The molecule has 10 rings (SSSR count). The second-order valence-electron chi connectivity index (χ2n) is 23.8. The van der Waals surface area contributed by atoms with Gasteiger partial charge in [0.1, 0.15) is 0 Å². The van der Waals surface area contributed by atoms with Crippen LogP contribution < -0.4 is 10.6 Å². The van der Waals surface area contributed by atoms with Crippen molar-refractivity contribution in [2.75, 3.05) is 106 Å². The first-order valence-electron chi connectivity index (χ1n) is 28.6. The van der Waals surface area contributed by atoms with Crippen LogP contribution in [0.1, 0.15) is 103 Å². The molecule has 8 heterocycles.